The summed E-state index contributed by atoms with van der Waals surface area (Å²) < 4.78 is 46.9. The van der Waals surface area contributed by atoms with E-state index in [4.69, 9.17) is 4.74 Å². The molecule has 2 aromatic heterocycles. The van der Waals surface area contributed by atoms with E-state index < -0.39 is 9.84 Å². The summed E-state index contributed by atoms with van der Waals surface area (Å²) in [7, 11) is -3.54. The van der Waals surface area contributed by atoms with E-state index in [1.165, 1.54) is 18.6 Å². The van der Waals surface area contributed by atoms with Gasteiger partial charge in [-0.3, -0.25) is 4.40 Å². The van der Waals surface area contributed by atoms with Crippen LogP contribution < -0.4 is 10.1 Å². The lowest BCUT2D eigenvalue weighted by Crippen LogP contribution is -2.32. The molecule has 4 heterocycles. The maximum Gasteiger partial charge on any atom is 0.208 e. The van der Waals surface area contributed by atoms with Crippen LogP contribution in [0.15, 0.2) is 29.7 Å². The third-order valence-corrected chi connectivity index (χ3v) is 7.75. The summed E-state index contributed by atoms with van der Waals surface area (Å²) >= 11 is 0. The number of rotatable bonds is 6. The van der Waals surface area contributed by atoms with E-state index in [1.54, 1.807) is 16.7 Å². The van der Waals surface area contributed by atoms with E-state index in [1.807, 2.05) is 0 Å². The standard InChI is InChI=1S/C23H28FN5O3S/c1-3-28-9-6-15(7-10-28)17-12-25-23(29-14-27-22(21(17)29)33(2,30)31)26-13-18-16-8-11-32-20(16)5-4-19(18)24/h4-5,12,14-15H,3,6-11,13H2,1-2H3,(H,25,26). The summed E-state index contributed by atoms with van der Waals surface area (Å²) in [6.45, 7) is 5.85. The Labute approximate surface area is 192 Å². The minimum atomic E-state index is -3.54. The fourth-order valence-electron chi connectivity index (χ4n) is 4.94. The third kappa shape index (κ3) is 4.06. The number of imidazole rings is 1. The molecule has 0 radical (unpaired) electrons. The highest BCUT2D eigenvalue weighted by Gasteiger charge is 2.27. The largest absolute Gasteiger partial charge is 0.493 e. The number of hydrogen-bond donors (Lipinski definition) is 1. The van der Waals surface area contributed by atoms with Gasteiger partial charge in [0.15, 0.2) is 14.9 Å². The van der Waals surface area contributed by atoms with Gasteiger partial charge in [-0.2, -0.15) is 0 Å². The molecule has 176 valence electrons. The number of anilines is 1. The van der Waals surface area contributed by atoms with Crippen LogP contribution in [0.5, 0.6) is 5.75 Å². The van der Waals surface area contributed by atoms with Gasteiger partial charge in [-0.25, -0.2) is 22.8 Å². The van der Waals surface area contributed by atoms with E-state index in [9.17, 15) is 12.8 Å². The third-order valence-electron chi connectivity index (χ3n) is 6.75. The Kier molecular flexibility index (Phi) is 5.74. The molecule has 1 saturated heterocycles. The van der Waals surface area contributed by atoms with Crippen molar-refractivity contribution >= 4 is 21.3 Å². The molecule has 0 bridgehead atoms. The van der Waals surface area contributed by atoms with Gasteiger partial charge >= 0.3 is 0 Å². The molecule has 10 heteroatoms. The predicted octanol–water partition coefficient (Wildman–Crippen LogP) is 3.02. The Morgan fingerprint density at radius 1 is 1.24 bits per heavy atom. The fraction of sp³-hybridized carbons (Fsp3) is 0.478. The molecule has 1 aromatic carbocycles. The highest BCUT2D eigenvalue weighted by molar-refractivity contribution is 7.90. The molecule has 0 aliphatic carbocycles. The van der Waals surface area contributed by atoms with Crippen LogP contribution in [0.25, 0.3) is 5.52 Å². The molecule has 33 heavy (non-hydrogen) atoms. The molecule has 1 fully saturated rings. The van der Waals surface area contributed by atoms with Crippen molar-refractivity contribution in [2.75, 3.05) is 37.8 Å². The van der Waals surface area contributed by atoms with Gasteiger partial charge < -0.3 is 15.0 Å². The molecular weight excluding hydrogens is 445 g/mol. The van der Waals surface area contributed by atoms with Gasteiger partial charge in [-0.15, -0.1) is 0 Å². The van der Waals surface area contributed by atoms with Crippen molar-refractivity contribution in [3.05, 3.63) is 47.2 Å². The first-order valence-electron chi connectivity index (χ1n) is 11.3. The van der Waals surface area contributed by atoms with Gasteiger partial charge in [-0.1, -0.05) is 6.92 Å². The Hall–Kier alpha value is -2.72. The summed E-state index contributed by atoms with van der Waals surface area (Å²) in [6, 6.07) is 3.07. The Morgan fingerprint density at radius 2 is 2.03 bits per heavy atom. The SMILES string of the molecule is CCN1CCC(c2cnc(NCc3c(F)ccc4c3CCO4)n3cnc(S(C)(=O)=O)c23)CC1. The number of fused-ring (bicyclic) bond motifs is 2. The molecule has 0 unspecified atom stereocenters. The van der Waals surface area contributed by atoms with Crippen molar-refractivity contribution in [1.29, 1.82) is 0 Å². The zero-order chi connectivity index (χ0) is 23.2. The Balaban J connectivity index is 1.51. The number of likely N-dealkylation sites (tertiary alicyclic amines) is 1. The van der Waals surface area contributed by atoms with Crippen LogP contribution >= 0.6 is 0 Å². The second-order valence-electron chi connectivity index (χ2n) is 8.74. The number of ether oxygens (including phenoxy) is 1. The number of nitrogens with one attached hydrogen (secondary N) is 1. The van der Waals surface area contributed by atoms with Gasteiger partial charge in [0.25, 0.3) is 0 Å². The van der Waals surface area contributed by atoms with E-state index in [2.05, 4.69) is 27.1 Å². The van der Waals surface area contributed by atoms with Crippen LogP contribution in [-0.2, 0) is 22.8 Å². The first kappa shape index (κ1) is 22.1. The predicted molar refractivity (Wildman–Crippen MR) is 123 cm³/mol. The monoisotopic (exact) mass is 473 g/mol. The molecule has 0 atom stereocenters. The Morgan fingerprint density at radius 3 is 2.76 bits per heavy atom. The maximum atomic E-state index is 14.6. The lowest BCUT2D eigenvalue weighted by atomic mass is 9.90. The van der Waals surface area contributed by atoms with Crippen molar-refractivity contribution < 1.29 is 17.5 Å². The molecular formula is C23H28FN5O3S. The Bertz CT molecular complexity index is 1300. The maximum absolute atomic E-state index is 14.6. The minimum Gasteiger partial charge on any atom is -0.493 e. The van der Waals surface area contributed by atoms with E-state index in [0.717, 1.165) is 43.6 Å². The molecule has 2 aliphatic rings. The number of benzene rings is 1. The summed E-state index contributed by atoms with van der Waals surface area (Å²) in [4.78, 5) is 11.2. The van der Waals surface area contributed by atoms with Crippen LogP contribution in [-0.4, -0.2) is 60.2 Å². The zero-order valence-electron chi connectivity index (χ0n) is 18.8. The average Bonchev–Trinajstić information content (AvgIpc) is 3.46. The van der Waals surface area contributed by atoms with Crippen LogP contribution in [0.3, 0.4) is 0 Å². The molecule has 3 aromatic rings. The smallest absolute Gasteiger partial charge is 0.208 e. The first-order chi connectivity index (χ1) is 15.9. The number of halogens is 1. The van der Waals surface area contributed by atoms with Gasteiger partial charge in [0.05, 0.1) is 12.1 Å². The average molecular weight is 474 g/mol. The highest BCUT2D eigenvalue weighted by Crippen LogP contribution is 2.35. The lowest BCUT2D eigenvalue weighted by Gasteiger charge is -2.31. The van der Waals surface area contributed by atoms with Crippen molar-refractivity contribution in [2.45, 2.75) is 43.7 Å². The van der Waals surface area contributed by atoms with Gasteiger partial charge in [-0.05, 0) is 50.5 Å². The van der Waals surface area contributed by atoms with Crippen molar-refractivity contribution in [3.8, 4) is 5.75 Å². The van der Waals surface area contributed by atoms with Crippen molar-refractivity contribution in [2.24, 2.45) is 0 Å². The number of aromatic nitrogens is 3. The van der Waals surface area contributed by atoms with Gasteiger partial charge in [0, 0.05) is 42.1 Å². The summed E-state index contributed by atoms with van der Waals surface area (Å²) in [5, 5.41) is 3.26. The molecule has 1 N–H and O–H groups in total. The molecule has 8 nitrogen and oxygen atoms in total. The number of piperidine rings is 1. The van der Waals surface area contributed by atoms with E-state index in [0.29, 0.717) is 35.8 Å². The first-order valence-corrected chi connectivity index (χ1v) is 13.2. The summed E-state index contributed by atoms with van der Waals surface area (Å²) in [6.07, 6.45) is 6.96. The van der Waals surface area contributed by atoms with E-state index >= 15 is 0 Å². The second kappa shape index (κ2) is 8.57. The summed E-state index contributed by atoms with van der Waals surface area (Å²) in [5.74, 6) is 1.05. The molecule has 0 spiro atoms. The van der Waals surface area contributed by atoms with Crippen LogP contribution in [0, 0.1) is 5.82 Å². The number of sulfone groups is 1. The lowest BCUT2D eigenvalue weighted by molar-refractivity contribution is 0.222. The minimum absolute atomic E-state index is 0.0565. The highest BCUT2D eigenvalue weighted by atomic mass is 32.2. The van der Waals surface area contributed by atoms with E-state index in [-0.39, 0.29) is 23.3 Å². The fourth-order valence-corrected chi connectivity index (χ4v) is 5.75. The normalized spacial score (nSPS) is 17.3. The van der Waals surface area contributed by atoms with Crippen LogP contribution in [0.4, 0.5) is 10.3 Å². The van der Waals surface area contributed by atoms with Crippen LogP contribution in [0.2, 0.25) is 0 Å². The van der Waals surface area contributed by atoms with Crippen molar-refractivity contribution in [1.82, 2.24) is 19.3 Å². The number of hydrogen-bond acceptors (Lipinski definition) is 7. The summed E-state index contributed by atoms with van der Waals surface area (Å²) in [5.41, 5.74) is 2.86. The van der Waals surface area contributed by atoms with Gasteiger partial charge in [0.2, 0.25) is 5.95 Å². The topological polar surface area (TPSA) is 88.8 Å². The molecule has 0 saturated carbocycles. The van der Waals surface area contributed by atoms with Crippen LogP contribution in [0.1, 0.15) is 42.4 Å². The molecule has 2 aliphatic heterocycles. The molecule has 0 amide bonds. The quantitative estimate of drug-likeness (QED) is 0.589. The second-order valence-corrected chi connectivity index (χ2v) is 10.7. The zero-order valence-corrected chi connectivity index (χ0v) is 19.7. The van der Waals surface area contributed by atoms with Crippen molar-refractivity contribution in [3.63, 3.8) is 0 Å². The number of nitrogens with zero attached hydrogens (tertiary/aromatic N) is 4. The molecule has 5 rings (SSSR count). The van der Waals surface area contributed by atoms with Gasteiger partial charge in [0.1, 0.15) is 17.9 Å².